The first-order valence-electron chi connectivity index (χ1n) is 7.57. The van der Waals surface area contributed by atoms with E-state index >= 15 is 0 Å². The molecule has 2 N–H and O–H groups in total. The third kappa shape index (κ3) is 2.55. The predicted molar refractivity (Wildman–Crippen MR) is 73.7 cm³/mol. The zero-order valence-electron chi connectivity index (χ0n) is 12.1. The maximum Gasteiger partial charge on any atom is 0.227 e. The van der Waals surface area contributed by atoms with E-state index in [1.807, 2.05) is 0 Å². The van der Waals surface area contributed by atoms with Gasteiger partial charge in [-0.25, -0.2) is 0 Å². The van der Waals surface area contributed by atoms with Crippen LogP contribution >= 0.6 is 0 Å². The summed E-state index contributed by atoms with van der Waals surface area (Å²) in [4.78, 5) is 4.62. The van der Waals surface area contributed by atoms with Crippen molar-refractivity contribution < 1.29 is 4.52 Å². The van der Waals surface area contributed by atoms with Gasteiger partial charge in [0.2, 0.25) is 5.89 Å². The summed E-state index contributed by atoms with van der Waals surface area (Å²) < 4.78 is 5.47. The largest absolute Gasteiger partial charge is 0.339 e. The lowest BCUT2D eigenvalue weighted by Crippen LogP contribution is -2.35. The average molecular weight is 263 g/mol. The Balaban J connectivity index is 1.69. The molecule has 2 aliphatic carbocycles. The summed E-state index contributed by atoms with van der Waals surface area (Å²) in [5, 5.41) is 4.18. The fraction of sp³-hybridized carbons (Fsp3) is 0.867. The monoisotopic (exact) mass is 263 g/mol. The van der Waals surface area contributed by atoms with E-state index in [-0.39, 0.29) is 5.41 Å². The number of nitrogens with zero attached hydrogens (tertiary/aromatic N) is 2. The molecule has 0 aromatic carbocycles. The quantitative estimate of drug-likeness (QED) is 0.906. The van der Waals surface area contributed by atoms with E-state index in [1.165, 1.54) is 38.5 Å². The predicted octanol–water partition coefficient (Wildman–Crippen LogP) is 3.03. The third-order valence-electron chi connectivity index (χ3n) is 5.18. The molecule has 0 radical (unpaired) electrons. The second-order valence-corrected chi connectivity index (χ2v) is 7.23. The van der Waals surface area contributed by atoms with Gasteiger partial charge in [-0.15, -0.1) is 0 Å². The highest BCUT2D eigenvalue weighted by molar-refractivity contribution is 5.14. The molecule has 1 atom stereocenters. The van der Waals surface area contributed by atoms with Crippen LogP contribution in [0.25, 0.3) is 0 Å². The molecule has 0 saturated heterocycles. The van der Waals surface area contributed by atoms with E-state index in [0.717, 1.165) is 24.7 Å². The molecule has 1 heterocycles. The molecule has 19 heavy (non-hydrogen) atoms. The summed E-state index contributed by atoms with van der Waals surface area (Å²) in [6.07, 6.45) is 8.36. The molecule has 1 aromatic heterocycles. The Morgan fingerprint density at radius 3 is 2.53 bits per heavy atom. The van der Waals surface area contributed by atoms with Crippen molar-refractivity contribution in [3.63, 3.8) is 0 Å². The molecule has 0 amide bonds. The fourth-order valence-electron chi connectivity index (χ4n) is 3.46. The highest BCUT2D eigenvalue weighted by Crippen LogP contribution is 2.57. The molecular weight excluding hydrogens is 238 g/mol. The maximum absolute atomic E-state index is 6.02. The molecule has 4 nitrogen and oxygen atoms in total. The topological polar surface area (TPSA) is 64.9 Å². The highest BCUT2D eigenvalue weighted by atomic mass is 16.5. The Bertz CT molecular complexity index is 446. The number of rotatable bonds is 4. The molecular formula is C15H25N3O. The Kier molecular flexibility index (Phi) is 3.16. The van der Waals surface area contributed by atoms with Gasteiger partial charge in [0.1, 0.15) is 0 Å². The standard InChI is InChI=1S/C15H25N3O/c1-14(2)8-11(14)13-17-12(19-18-13)9-15(10-16)6-4-3-5-7-15/h11H,3-10,16H2,1-2H3. The molecule has 2 aliphatic rings. The molecule has 3 rings (SSSR count). The van der Waals surface area contributed by atoms with Gasteiger partial charge in [-0.1, -0.05) is 38.3 Å². The lowest BCUT2D eigenvalue weighted by atomic mass is 9.72. The van der Waals surface area contributed by atoms with E-state index < -0.39 is 0 Å². The van der Waals surface area contributed by atoms with Crippen LogP contribution in [-0.2, 0) is 6.42 Å². The van der Waals surface area contributed by atoms with Crippen LogP contribution in [0, 0.1) is 10.8 Å². The van der Waals surface area contributed by atoms with Gasteiger partial charge in [-0.2, -0.15) is 4.98 Å². The number of hydrogen-bond donors (Lipinski definition) is 1. The van der Waals surface area contributed by atoms with Crippen LogP contribution in [0.2, 0.25) is 0 Å². The van der Waals surface area contributed by atoms with Gasteiger partial charge in [0.05, 0.1) is 0 Å². The molecule has 2 fully saturated rings. The second-order valence-electron chi connectivity index (χ2n) is 7.23. The zero-order valence-corrected chi connectivity index (χ0v) is 12.1. The van der Waals surface area contributed by atoms with Crippen LogP contribution in [-0.4, -0.2) is 16.7 Å². The zero-order chi connectivity index (χ0) is 13.5. The molecule has 0 aliphatic heterocycles. The minimum atomic E-state index is 0.209. The van der Waals surface area contributed by atoms with Crippen molar-refractivity contribution in [1.29, 1.82) is 0 Å². The Labute approximate surface area is 115 Å². The highest BCUT2D eigenvalue weighted by Gasteiger charge is 2.49. The van der Waals surface area contributed by atoms with Gasteiger partial charge >= 0.3 is 0 Å². The van der Waals surface area contributed by atoms with Crippen molar-refractivity contribution in [2.75, 3.05) is 6.54 Å². The summed E-state index contributed by atoms with van der Waals surface area (Å²) >= 11 is 0. The first kappa shape index (κ1) is 13.1. The number of hydrogen-bond acceptors (Lipinski definition) is 4. The minimum Gasteiger partial charge on any atom is -0.339 e. The van der Waals surface area contributed by atoms with E-state index in [2.05, 4.69) is 24.0 Å². The number of nitrogens with two attached hydrogens (primary N) is 1. The van der Waals surface area contributed by atoms with Crippen LogP contribution in [0.15, 0.2) is 4.52 Å². The molecule has 106 valence electrons. The van der Waals surface area contributed by atoms with Crippen LogP contribution < -0.4 is 5.73 Å². The molecule has 1 aromatic rings. The minimum absolute atomic E-state index is 0.209. The Morgan fingerprint density at radius 1 is 1.26 bits per heavy atom. The summed E-state index contributed by atoms with van der Waals surface area (Å²) in [5.41, 5.74) is 6.59. The SMILES string of the molecule is CC1(C)CC1c1noc(CC2(CN)CCCCC2)n1. The molecule has 4 heteroatoms. The van der Waals surface area contributed by atoms with Crippen LogP contribution in [0.1, 0.15) is 70.0 Å². The fourth-order valence-corrected chi connectivity index (χ4v) is 3.46. The van der Waals surface area contributed by atoms with E-state index in [0.29, 0.717) is 11.3 Å². The van der Waals surface area contributed by atoms with Gasteiger partial charge in [-0.3, -0.25) is 0 Å². The van der Waals surface area contributed by atoms with Crippen LogP contribution in [0.5, 0.6) is 0 Å². The van der Waals surface area contributed by atoms with Crippen molar-refractivity contribution in [1.82, 2.24) is 10.1 Å². The first-order valence-corrected chi connectivity index (χ1v) is 7.57. The van der Waals surface area contributed by atoms with Crippen molar-refractivity contribution in [3.8, 4) is 0 Å². The lowest BCUT2D eigenvalue weighted by molar-refractivity contribution is 0.177. The van der Waals surface area contributed by atoms with E-state index in [9.17, 15) is 0 Å². The van der Waals surface area contributed by atoms with Gasteiger partial charge in [0, 0.05) is 12.3 Å². The van der Waals surface area contributed by atoms with Gasteiger partial charge in [-0.05, 0) is 36.6 Å². The van der Waals surface area contributed by atoms with Crippen molar-refractivity contribution in [2.24, 2.45) is 16.6 Å². The average Bonchev–Trinajstić information content (AvgIpc) is 2.84. The normalized spacial score (nSPS) is 28.3. The van der Waals surface area contributed by atoms with Crippen molar-refractivity contribution >= 4 is 0 Å². The molecule has 0 spiro atoms. The van der Waals surface area contributed by atoms with Crippen LogP contribution in [0.3, 0.4) is 0 Å². The molecule has 1 unspecified atom stereocenters. The van der Waals surface area contributed by atoms with Gasteiger partial charge in [0.15, 0.2) is 5.82 Å². The Morgan fingerprint density at radius 2 is 1.95 bits per heavy atom. The lowest BCUT2D eigenvalue weighted by Gasteiger charge is -2.34. The van der Waals surface area contributed by atoms with Crippen molar-refractivity contribution in [2.45, 2.75) is 64.7 Å². The Hall–Kier alpha value is -0.900. The maximum atomic E-state index is 6.02. The molecule has 0 bridgehead atoms. The van der Waals surface area contributed by atoms with E-state index in [1.54, 1.807) is 0 Å². The number of aromatic nitrogens is 2. The summed E-state index contributed by atoms with van der Waals surface area (Å²) in [6.45, 7) is 5.26. The third-order valence-corrected chi connectivity index (χ3v) is 5.18. The summed E-state index contributed by atoms with van der Waals surface area (Å²) in [7, 11) is 0. The van der Waals surface area contributed by atoms with E-state index in [4.69, 9.17) is 10.3 Å². The van der Waals surface area contributed by atoms with Gasteiger partial charge in [0.25, 0.3) is 0 Å². The summed E-state index contributed by atoms with van der Waals surface area (Å²) in [5.74, 6) is 2.19. The van der Waals surface area contributed by atoms with Crippen molar-refractivity contribution in [3.05, 3.63) is 11.7 Å². The smallest absolute Gasteiger partial charge is 0.227 e. The van der Waals surface area contributed by atoms with Gasteiger partial charge < -0.3 is 10.3 Å². The van der Waals surface area contributed by atoms with Crippen LogP contribution in [0.4, 0.5) is 0 Å². The summed E-state index contributed by atoms with van der Waals surface area (Å²) in [6, 6.07) is 0. The second kappa shape index (κ2) is 4.58. The molecule has 2 saturated carbocycles. The first-order chi connectivity index (χ1) is 9.05.